The lowest BCUT2D eigenvalue weighted by atomic mass is 9.96. The number of imidazole rings is 1. The summed E-state index contributed by atoms with van der Waals surface area (Å²) in [5, 5.41) is 0.264. The number of halogens is 2. The number of aromatic nitrogens is 3. The summed E-state index contributed by atoms with van der Waals surface area (Å²) in [6.45, 7) is 6.91. The van der Waals surface area contributed by atoms with Crippen LogP contribution in [0.15, 0.2) is 59.7 Å². The van der Waals surface area contributed by atoms with Crippen LogP contribution < -0.4 is 20.0 Å². The molecule has 2 aromatic heterocycles. The highest BCUT2D eigenvalue weighted by atomic mass is 35.5. The molecule has 0 radical (unpaired) electrons. The minimum absolute atomic E-state index is 0.0307. The molecule has 3 heterocycles. The van der Waals surface area contributed by atoms with E-state index < -0.39 is 27.5 Å². The van der Waals surface area contributed by atoms with Gasteiger partial charge in [-0.25, -0.2) is 27.4 Å². The van der Waals surface area contributed by atoms with Crippen molar-refractivity contribution in [3.05, 3.63) is 76.2 Å². The van der Waals surface area contributed by atoms with Crippen molar-refractivity contribution in [2.75, 3.05) is 49.2 Å². The van der Waals surface area contributed by atoms with Gasteiger partial charge < -0.3 is 23.8 Å². The van der Waals surface area contributed by atoms with Crippen LogP contribution in [-0.2, 0) is 21.8 Å². The van der Waals surface area contributed by atoms with E-state index in [0.717, 1.165) is 6.26 Å². The zero-order valence-corrected chi connectivity index (χ0v) is 28.4. The third-order valence-electron chi connectivity index (χ3n) is 7.39. The highest BCUT2D eigenvalue weighted by molar-refractivity contribution is 7.92. The van der Waals surface area contributed by atoms with Crippen LogP contribution in [0.2, 0.25) is 5.02 Å². The number of sulfonamides is 1. The van der Waals surface area contributed by atoms with Gasteiger partial charge in [-0.1, -0.05) is 17.7 Å². The monoisotopic (exact) mass is 686 g/mol. The van der Waals surface area contributed by atoms with E-state index in [1.807, 2.05) is 4.90 Å². The van der Waals surface area contributed by atoms with Crippen LogP contribution in [0.1, 0.15) is 20.8 Å². The van der Waals surface area contributed by atoms with Crippen molar-refractivity contribution in [1.29, 1.82) is 0 Å². The maximum absolute atomic E-state index is 15.4. The van der Waals surface area contributed by atoms with E-state index in [1.165, 1.54) is 34.4 Å². The first-order valence-corrected chi connectivity index (χ1v) is 16.9. The molecule has 5 rings (SSSR count). The number of hydrogen-bond acceptors (Lipinski definition) is 8. The normalized spacial score (nSPS) is 13.9. The smallest absolute Gasteiger partial charge is 0.410 e. The molecule has 1 N–H and O–H groups in total. The first kappa shape index (κ1) is 33.8. The number of nitrogens with one attached hydrogen (secondary N) is 1. The third-order valence-corrected chi connectivity index (χ3v) is 8.27. The second-order valence-electron chi connectivity index (χ2n) is 12.2. The van der Waals surface area contributed by atoms with E-state index in [9.17, 15) is 18.0 Å². The van der Waals surface area contributed by atoms with E-state index in [-0.39, 0.29) is 16.5 Å². The van der Waals surface area contributed by atoms with Crippen molar-refractivity contribution < 1.29 is 27.1 Å². The number of carbonyl (C=O) groups is 1. The molecule has 0 unspecified atom stereocenters. The number of ether oxygens (including phenoxy) is 2. The van der Waals surface area contributed by atoms with Crippen LogP contribution in [-0.4, -0.2) is 78.7 Å². The Morgan fingerprint density at radius 2 is 1.66 bits per heavy atom. The summed E-state index contributed by atoms with van der Waals surface area (Å²) < 4.78 is 56.4. The standard InChI is InChI=1S/C32H36ClFN6O6S/c1-32(2,3)46-31(42)39-12-10-38(11-13-39)28-17-21(16-27(35-28)36-47(6,43)44)24-19-22(34)18-23(29(24)45-5)20-7-8-26(25(33)15-20)40-14-9-37(4)30(40)41/h7-9,14-19H,10-13H2,1-6H3,(H,35,36). The van der Waals surface area contributed by atoms with Gasteiger partial charge in [-0.05, 0) is 68.3 Å². The number of rotatable bonds is 7. The Kier molecular flexibility index (Phi) is 9.29. The molecule has 250 valence electrons. The predicted octanol–water partition coefficient (Wildman–Crippen LogP) is 5.13. The lowest BCUT2D eigenvalue weighted by Crippen LogP contribution is -2.50. The van der Waals surface area contributed by atoms with Crippen molar-refractivity contribution in [3.63, 3.8) is 0 Å². The molecular weight excluding hydrogens is 651 g/mol. The molecule has 12 nitrogen and oxygen atoms in total. The Bertz CT molecular complexity index is 2000. The Morgan fingerprint density at radius 3 is 2.21 bits per heavy atom. The van der Waals surface area contributed by atoms with Crippen molar-refractivity contribution in [3.8, 4) is 33.7 Å². The Morgan fingerprint density at radius 1 is 1.00 bits per heavy atom. The topological polar surface area (TPSA) is 128 Å². The summed E-state index contributed by atoms with van der Waals surface area (Å²) in [5.41, 5.74) is 1.25. The number of carbonyl (C=O) groups excluding carboxylic acids is 1. The van der Waals surface area contributed by atoms with Gasteiger partial charge in [0.25, 0.3) is 0 Å². The highest BCUT2D eigenvalue weighted by Gasteiger charge is 2.27. The lowest BCUT2D eigenvalue weighted by Gasteiger charge is -2.36. The van der Waals surface area contributed by atoms with Gasteiger partial charge in [-0.3, -0.25) is 9.29 Å². The fourth-order valence-electron chi connectivity index (χ4n) is 5.28. The second-order valence-corrected chi connectivity index (χ2v) is 14.3. The van der Waals surface area contributed by atoms with E-state index in [1.54, 1.807) is 69.4 Å². The van der Waals surface area contributed by atoms with E-state index >= 15 is 4.39 Å². The summed E-state index contributed by atoms with van der Waals surface area (Å²) in [6.07, 6.45) is 3.81. The summed E-state index contributed by atoms with van der Waals surface area (Å²) in [6, 6.07) is 10.8. The molecule has 15 heteroatoms. The number of hydrogen-bond donors (Lipinski definition) is 1. The zero-order valence-electron chi connectivity index (χ0n) is 26.9. The Balaban J connectivity index is 1.54. The van der Waals surface area contributed by atoms with Crippen molar-refractivity contribution in [2.45, 2.75) is 26.4 Å². The number of anilines is 2. The number of nitrogens with zero attached hydrogens (tertiary/aromatic N) is 5. The van der Waals surface area contributed by atoms with Gasteiger partial charge >= 0.3 is 11.8 Å². The van der Waals surface area contributed by atoms with Crippen LogP contribution in [0.3, 0.4) is 0 Å². The minimum Gasteiger partial charge on any atom is -0.495 e. The Hall–Kier alpha value is -4.56. The second kappa shape index (κ2) is 12.9. The van der Waals surface area contributed by atoms with Crippen LogP contribution in [0.5, 0.6) is 5.75 Å². The summed E-state index contributed by atoms with van der Waals surface area (Å²) in [5.74, 6) is 0.190. The number of benzene rings is 2. The van der Waals surface area contributed by atoms with E-state index in [4.69, 9.17) is 21.1 Å². The molecule has 47 heavy (non-hydrogen) atoms. The molecule has 1 fully saturated rings. The molecule has 1 aliphatic rings. The molecule has 0 aliphatic carbocycles. The lowest BCUT2D eigenvalue weighted by molar-refractivity contribution is 0.0240. The van der Waals surface area contributed by atoms with Crippen LogP contribution >= 0.6 is 11.6 Å². The van der Waals surface area contributed by atoms with E-state index in [0.29, 0.717) is 65.7 Å². The summed E-state index contributed by atoms with van der Waals surface area (Å²) in [4.78, 5) is 33.2. The first-order valence-electron chi connectivity index (χ1n) is 14.7. The number of aryl methyl sites for hydroxylation is 1. The third kappa shape index (κ3) is 7.71. The van der Waals surface area contributed by atoms with Crippen molar-refractivity contribution in [1.82, 2.24) is 19.0 Å². The number of pyridine rings is 1. The van der Waals surface area contributed by atoms with Gasteiger partial charge in [0, 0.05) is 56.7 Å². The molecule has 4 aromatic rings. The average Bonchev–Trinajstić information content (AvgIpc) is 3.32. The molecule has 2 aromatic carbocycles. The molecule has 0 saturated carbocycles. The zero-order chi connectivity index (χ0) is 34.3. The van der Waals surface area contributed by atoms with Gasteiger partial charge in [0.05, 0.1) is 24.1 Å². The van der Waals surface area contributed by atoms with Crippen LogP contribution in [0.4, 0.5) is 20.8 Å². The molecule has 0 atom stereocenters. The number of methoxy groups -OCH3 is 1. The number of piperazine rings is 1. The van der Waals surface area contributed by atoms with Gasteiger partial charge in [-0.2, -0.15) is 0 Å². The molecule has 1 aliphatic heterocycles. The average molecular weight is 687 g/mol. The van der Waals surface area contributed by atoms with Crippen LogP contribution in [0.25, 0.3) is 27.9 Å². The fraction of sp³-hybridized carbons (Fsp3) is 0.344. The quantitative estimate of drug-likeness (QED) is 0.283. The van der Waals surface area contributed by atoms with Crippen molar-refractivity contribution >= 4 is 39.4 Å². The van der Waals surface area contributed by atoms with Gasteiger partial charge in [0.2, 0.25) is 10.0 Å². The van der Waals surface area contributed by atoms with E-state index in [2.05, 4.69) is 9.71 Å². The molecule has 1 saturated heterocycles. The molecule has 0 bridgehead atoms. The first-order chi connectivity index (χ1) is 22.0. The van der Waals surface area contributed by atoms with Crippen LogP contribution in [0, 0.1) is 5.82 Å². The maximum atomic E-state index is 15.4. The fourth-order valence-corrected chi connectivity index (χ4v) is 6.04. The molecule has 1 amide bonds. The largest absolute Gasteiger partial charge is 0.495 e. The van der Waals surface area contributed by atoms with Gasteiger partial charge in [0.1, 0.15) is 28.8 Å². The molecular formula is C32H36ClFN6O6S. The summed E-state index contributed by atoms with van der Waals surface area (Å²) >= 11 is 6.62. The van der Waals surface area contributed by atoms with Gasteiger partial charge in [-0.15, -0.1) is 0 Å². The summed E-state index contributed by atoms with van der Waals surface area (Å²) in [7, 11) is -0.633. The van der Waals surface area contributed by atoms with Gasteiger partial charge in [0.15, 0.2) is 0 Å². The highest BCUT2D eigenvalue weighted by Crippen LogP contribution is 2.42. The number of amides is 1. The maximum Gasteiger partial charge on any atom is 0.410 e. The SMILES string of the molecule is COc1c(-c2cc(NS(C)(=O)=O)nc(N3CCN(C(=O)OC(C)(C)C)CC3)c2)cc(F)cc1-c1ccc(-n2ccn(C)c2=O)c(Cl)c1. The predicted molar refractivity (Wildman–Crippen MR) is 180 cm³/mol. The minimum atomic E-state index is -3.72. The molecule has 0 spiro atoms. The van der Waals surface area contributed by atoms with Crippen molar-refractivity contribution in [2.24, 2.45) is 7.05 Å². The Labute approximate surface area is 277 Å².